The number of unbranched alkanes of at least 4 members (excludes halogenated alkanes) is 1. The zero-order valence-electron chi connectivity index (χ0n) is 13.0. The van der Waals surface area contributed by atoms with Crippen molar-refractivity contribution in [3.63, 3.8) is 0 Å². The summed E-state index contributed by atoms with van der Waals surface area (Å²) in [6.45, 7) is 6.29. The molecule has 1 aromatic rings. The molecular formula is C17H28ClNO. The van der Waals surface area contributed by atoms with Gasteiger partial charge in [-0.2, -0.15) is 0 Å². The molecule has 20 heavy (non-hydrogen) atoms. The highest BCUT2D eigenvalue weighted by molar-refractivity contribution is 6.31. The second-order valence-corrected chi connectivity index (χ2v) is 6.12. The zero-order valence-corrected chi connectivity index (χ0v) is 13.7. The summed E-state index contributed by atoms with van der Waals surface area (Å²) >= 11 is 6.27. The first-order valence-corrected chi connectivity index (χ1v) is 7.97. The van der Waals surface area contributed by atoms with E-state index < -0.39 is 0 Å². The van der Waals surface area contributed by atoms with Gasteiger partial charge in [0, 0.05) is 24.8 Å². The molecule has 0 heterocycles. The maximum atomic E-state index is 6.27. The van der Waals surface area contributed by atoms with Crippen LogP contribution in [0.25, 0.3) is 0 Å². The van der Waals surface area contributed by atoms with Crippen molar-refractivity contribution < 1.29 is 4.74 Å². The van der Waals surface area contributed by atoms with Crippen LogP contribution in [0.1, 0.15) is 38.7 Å². The second-order valence-electron chi connectivity index (χ2n) is 5.71. The summed E-state index contributed by atoms with van der Waals surface area (Å²) in [4.78, 5) is 0. The smallest absolute Gasteiger partial charge is 0.0462 e. The minimum Gasteiger partial charge on any atom is -0.385 e. The Morgan fingerprint density at radius 1 is 1.20 bits per heavy atom. The lowest BCUT2D eigenvalue weighted by atomic mass is 9.93. The van der Waals surface area contributed by atoms with E-state index in [0.717, 1.165) is 31.0 Å². The van der Waals surface area contributed by atoms with Crippen LogP contribution in [0.15, 0.2) is 24.3 Å². The fourth-order valence-electron chi connectivity index (χ4n) is 2.33. The average molecular weight is 298 g/mol. The standard InChI is InChI=1S/C17H28ClNO/c1-14(2)19-13-15(8-6-7-11-20-3)12-16-9-4-5-10-17(16)18/h4-5,9-10,14-15,19H,6-8,11-13H2,1-3H3. The first-order valence-electron chi connectivity index (χ1n) is 7.59. The number of benzene rings is 1. The lowest BCUT2D eigenvalue weighted by Crippen LogP contribution is -2.30. The maximum absolute atomic E-state index is 6.27. The van der Waals surface area contributed by atoms with Crippen LogP contribution in [0.4, 0.5) is 0 Å². The summed E-state index contributed by atoms with van der Waals surface area (Å²) in [5, 5.41) is 4.44. The molecule has 114 valence electrons. The van der Waals surface area contributed by atoms with Crippen molar-refractivity contribution in [3.8, 4) is 0 Å². The van der Waals surface area contributed by atoms with Gasteiger partial charge in [-0.1, -0.05) is 50.1 Å². The van der Waals surface area contributed by atoms with Gasteiger partial charge in [-0.05, 0) is 43.4 Å². The molecule has 0 amide bonds. The van der Waals surface area contributed by atoms with E-state index in [-0.39, 0.29) is 0 Å². The van der Waals surface area contributed by atoms with Gasteiger partial charge in [-0.25, -0.2) is 0 Å². The van der Waals surface area contributed by atoms with Crippen LogP contribution < -0.4 is 5.32 Å². The van der Waals surface area contributed by atoms with Gasteiger partial charge in [0.25, 0.3) is 0 Å². The molecule has 0 saturated heterocycles. The molecule has 0 bridgehead atoms. The van der Waals surface area contributed by atoms with Crippen molar-refractivity contribution in [1.82, 2.24) is 5.32 Å². The van der Waals surface area contributed by atoms with Gasteiger partial charge in [0.2, 0.25) is 0 Å². The molecule has 0 radical (unpaired) electrons. The van der Waals surface area contributed by atoms with Crippen LogP contribution in [0.5, 0.6) is 0 Å². The Bertz CT molecular complexity index is 368. The van der Waals surface area contributed by atoms with E-state index in [4.69, 9.17) is 16.3 Å². The highest BCUT2D eigenvalue weighted by Crippen LogP contribution is 2.21. The summed E-state index contributed by atoms with van der Waals surface area (Å²) in [6.07, 6.45) is 4.61. The number of methoxy groups -OCH3 is 1. The first kappa shape index (κ1) is 17.5. The molecule has 2 nitrogen and oxygen atoms in total. The van der Waals surface area contributed by atoms with Crippen LogP contribution in [-0.2, 0) is 11.2 Å². The third kappa shape index (κ3) is 7.28. The largest absolute Gasteiger partial charge is 0.385 e. The lowest BCUT2D eigenvalue weighted by molar-refractivity contribution is 0.190. The molecule has 0 fully saturated rings. The van der Waals surface area contributed by atoms with E-state index in [1.54, 1.807) is 7.11 Å². The number of rotatable bonds is 10. The highest BCUT2D eigenvalue weighted by Gasteiger charge is 2.12. The number of hydrogen-bond acceptors (Lipinski definition) is 2. The van der Waals surface area contributed by atoms with Crippen LogP contribution in [0, 0.1) is 5.92 Å². The van der Waals surface area contributed by atoms with E-state index in [1.807, 2.05) is 12.1 Å². The van der Waals surface area contributed by atoms with E-state index in [9.17, 15) is 0 Å². The summed E-state index contributed by atoms with van der Waals surface area (Å²) in [6, 6.07) is 8.71. The number of halogens is 1. The molecule has 0 aliphatic heterocycles. The summed E-state index contributed by atoms with van der Waals surface area (Å²) in [5.41, 5.74) is 1.26. The summed E-state index contributed by atoms with van der Waals surface area (Å²) in [5.74, 6) is 0.633. The molecular weight excluding hydrogens is 270 g/mol. The Hall–Kier alpha value is -0.570. The molecule has 0 spiro atoms. The Kier molecular flexibility index (Phi) is 8.92. The third-order valence-electron chi connectivity index (χ3n) is 3.49. The molecule has 0 aliphatic rings. The Morgan fingerprint density at radius 2 is 1.95 bits per heavy atom. The third-order valence-corrected chi connectivity index (χ3v) is 3.86. The van der Waals surface area contributed by atoms with Crippen LogP contribution in [-0.4, -0.2) is 26.3 Å². The highest BCUT2D eigenvalue weighted by atomic mass is 35.5. The zero-order chi connectivity index (χ0) is 14.8. The van der Waals surface area contributed by atoms with Gasteiger partial charge >= 0.3 is 0 Å². The molecule has 1 atom stereocenters. The van der Waals surface area contributed by atoms with Crippen molar-refractivity contribution in [2.45, 2.75) is 45.6 Å². The van der Waals surface area contributed by atoms with Crippen LogP contribution in [0.2, 0.25) is 5.02 Å². The number of ether oxygens (including phenoxy) is 1. The second kappa shape index (κ2) is 10.2. The molecule has 1 unspecified atom stereocenters. The molecule has 1 aromatic carbocycles. The topological polar surface area (TPSA) is 21.3 Å². The fourth-order valence-corrected chi connectivity index (χ4v) is 2.55. The van der Waals surface area contributed by atoms with Gasteiger partial charge in [0.1, 0.15) is 0 Å². The van der Waals surface area contributed by atoms with E-state index in [1.165, 1.54) is 18.4 Å². The first-order chi connectivity index (χ1) is 9.63. The van der Waals surface area contributed by atoms with Crippen LogP contribution in [0.3, 0.4) is 0 Å². The van der Waals surface area contributed by atoms with Crippen LogP contribution >= 0.6 is 11.6 Å². The normalized spacial score (nSPS) is 12.8. The van der Waals surface area contributed by atoms with Crippen molar-refractivity contribution >= 4 is 11.6 Å². The van der Waals surface area contributed by atoms with Crippen molar-refractivity contribution in [2.24, 2.45) is 5.92 Å². The molecule has 3 heteroatoms. The molecule has 1 rings (SSSR count). The van der Waals surface area contributed by atoms with Gasteiger partial charge in [-0.3, -0.25) is 0 Å². The quantitative estimate of drug-likeness (QED) is 0.650. The average Bonchev–Trinajstić information content (AvgIpc) is 2.42. The monoisotopic (exact) mass is 297 g/mol. The predicted molar refractivity (Wildman–Crippen MR) is 87.5 cm³/mol. The molecule has 1 N–H and O–H groups in total. The number of nitrogens with one attached hydrogen (secondary N) is 1. The van der Waals surface area contributed by atoms with Crippen molar-refractivity contribution in [1.29, 1.82) is 0 Å². The Morgan fingerprint density at radius 3 is 2.60 bits per heavy atom. The molecule has 0 aromatic heterocycles. The van der Waals surface area contributed by atoms with Crippen molar-refractivity contribution in [3.05, 3.63) is 34.9 Å². The lowest BCUT2D eigenvalue weighted by Gasteiger charge is -2.20. The van der Waals surface area contributed by atoms with Gasteiger partial charge in [-0.15, -0.1) is 0 Å². The fraction of sp³-hybridized carbons (Fsp3) is 0.647. The maximum Gasteiger partial charge on any atom is 0.0462 e. The summed E-state index contributed by atoms with van der Waals surface area (Å²) in [7, 11) is 1.77. The van der Waals surface area contributed by atoms with E-state index in [2.05, 4.69) is 31.3 Å². The van der Waals surface area contributed by atoms with Gasteiger partial charge in [0.05, 0.1) is 0 Å². The van der Waals surface area contributed by atoms with E-state index in [0.29, 0.717) is 12.0 Å². The molecule has 0 saturated carbocycles. The minimum absolute atomic E-state index is 0.530. The SMILES string of the molecule is COCCCCC(CNC(C)C)Cc1ccccc1Cl. The summed E-state index contributed by atoms with van der Waals surface area (Å²) < 4.78 is 5.12. The van der Waals surface area contributed by atoms with Gasteiger partial charge < -0.3 is 10.1 Å². The van der Waals surface area contributed by atoms with E-state index >= 15 is 0 Å². The van der Waals surface area contributed by atoms with Crippen molar-refractivity contribution in [2.75, 3.05) is 20.3 Å². The molecule has 0 aliphatic carbocycles. The number of hydrogen-bond donors (Lipinski definition) is 1. The minimum atomic E-state index is 0.530. The van der Waals surface area contributed by atoms with Gasteiger partial charge in [0.15, 0.2) is 0 Å². The Labute approximate surface area is 128 Å². The predicted octanol–water partition coefficient (Wildman–Crippen LogP) is 4.31. The Balaban J connectivity index is 2.50.